The number of fused-ring (bicyclic) bond motifs is 1. The van der Waals surface area contributed by atoms with E-state index in [-0.39, 0.29) is 17.3 Å². The fraction of sp³-hybridized carbons (Fsp3) is 0.143. The molecule has 0 aliphatic carbocycles. The number of anilines is 1. The molecule has 3 aromatic carbocycles. The van der Waals surface area contributed by atoms with Gasteiger partial charge < -0.3 is 14.8 Å². The van der Waals surface area contributed by atoms with E-state index < -0.39 is 6.29 Å². The Morgan fingerprint density at radius 1 is 0.926 bits per heavy atom. The number of nitrogens with one attached hydrogen (secondary N) is 1. The lowest BCUT2D eigenvalue weighted by atomic mass is 9.99. The van der Waals surface area contributed by atoms with Crippen molar-refractivity contribution in [2.24, 2.45) is 0 Å². The van der Waals surface area contributed by atoms with Gasteiger partial charge in [0.15, 0.2) is 11.5 Å². The molecule has 0 spiro atoms. The first-order chi connectivity index (χ1) is 12.9. The highest BCUT2D eigenvalue weighted by Crippen LogP contribution is 2.44. The Kier molecular flexibility index (Phi) is 4.18. The topological polar surface area (TPSA) is 30.5 Å². The molecule has 27 heavy (non-hydrogen) atoms. The maximum absolute atomic E-state index is 13.2. The normalized spacial score (nSPS) is 14.2. The SMILES string of the molecule is Cc1cc2c(cc1-c1ccc(NCc3cccc(F)c3)cc1)OC(F)(F)O2. The summed E-state index contributed by atoms with van der Waals surface area (Å²) in [6.45, 7) is 2.32. The van der Waals surface area contributed by atoms with Crippen LogP contribution in [0.3, 0.4) is 0 Å². The summed E-state index contributed by atoms with van der Waals surface area (Å²) in [4.78, 5) is 0. The number of halogens is 3. The summed E-state index contributed by atoms with van der Waals surface area (Å²) in [6.07, 6.45) is -3.63. The van der Waals surface area contributed by atoms with E-state index in [4.69, 9.17) is 0 Å². The molecule has 4 rings (SSSR count). The maximum atomic E-state index is 13.2. The van der Waals surface area contributed by atoms with Crippen molar-refractivity contribution in [3.8, 4) is 22.6 Å². The molecule has 0 saturated heterocycles. The minimum atomic E-state index is -3.63. The number of hydrogen-bond donors (Lipinski definition) is 1. The van der Waals surface area contributed by atoms with Crippen LogP contribution in [-0.2, 0) is 6.54 Å². The van der Waals surface area contributed by atoms with Gasteiger partial charge in [-0.25, -0.2) is 4.39 Å². The Morgan fingerprint density at radius 3 is 2.33 bits per heavy atom. The number of aryl methyl sites for hydroxylation is 1. The van der Waals surface area contributed by atoms with Crippen molar-refractivity contribution in [3.63, 3.8) is 0 Å². The molecular formula is C21H16F3NO2. The average Bonchev–Trinajstić information content (AvgIpc) is 2.92. The highest BCUT2D eigenvalue weighted by Gasteiger charge is 2.43. The molecule has 3 aromatic rings. The Morgan fingerprint density at radius 2 is 1.63 bits per heavy atom. The van der Waals surface area contributed by atoms with E-state index >= 15 is 0 Å². The van der Waals surface area contributed by atoms with Crippen molar-refractivity contribution < 1.29 is 22.6 Å². The highest BCUT2D eigenvalue weighted by molar-refractivity contribution is 5.72. The van der Waals surface area contributed by atoms with Gasteiger partial charge in [0.2, 0.25) is 0 Å². The third kappa shape index (κ3) is 3.69. The molecule has 0 aromatic heterocycles. The van der Waals surface area contributed by atoms with Crippen LogP contribution in [0.25, 0.3) is 11.1 Å². The van der Waals surface area contributed by atoms with E-state index in [1.54, 1.807) is 18.2 Å². The largest absolute Gasteiger partial charge is 0.586 e. The van der Waals surface area contributed by atoms with Gasteiger partial charge in [-0.2, -0.15) is 0 Å². The Balaban J connectivity index is 1.51. The number of rotatable bonds is 4. The molecular weight excluding hydrogens is 355 g/mol. The van der Waals surface area contributed by atoms with Crippen LogP contribution in [0, 0.1) is 12.7 Å². The molecule has 0 unspecified atom stereocenters. The number of hydrogen-bond acceptors (Lipinski definition) is 3. The smallest absolute Gasteiger partial charge is 0.395 e. The van der Waals surface area contributed by atoms with Gasteiger partial charge in [-0.15, -0.1) is 8.78 Å². The lowest BCUT2D eigenvalue weighted by Gasteiger charge is -2.10. The molecule has 0 fully saturated rings. The third-order valence-electron chi connectivity index (χ3n) is 4.33. The second kappa shape index (κ2) is 6.54. The van der Waals surface area contributed by atoms with Crippen molar-refractivity contribution in [3.05, 3.63) is 77.6 Å². The van der Waals surface area contributed by atoms with Gasteiger partial charge in [0.25, 0.3) is 0 Å². The highest BCUT2D eigenvalue weighted by atomic mass is 19.3. The van der Waals surface area contributed by atoms with E-state index in [2.05, 4.69) is 14.8 Å². The summed E-state index contributed by atoms with van der Waals surface area (Å²) < 4.78 is 48.7. The van der Waals surface area contributed by atoms with Gasteiger partial charge in [-0.3, -0.25) is 0 Å². The van der Waals surface area contributed by atoms with Crippen molar-refractivity contribution in [1.29, 1.82) is 0 Å². The molecule has 1 heterocycles. The Bertz CT molecular complexity index is 987. The van der Waals surface area contributed by atoms with E-state index in [9.17, 15) is 13.2 Å². The quantitative estimate of drug-likeness (QED) is 0.635. The molecule has 1 aliphatic heterocycles. The van der Waals surface area contributed by atoms with Crippen LogP contribution >= 0.6 is 0 Å². The van der Waals surface area contributed by atoms with Gasteiger partial charge >= 0.3 is 6.29 Å². The standard InChI is InChI=1S/C21H16F3NO2/c1-13-9-19-20(27-21(23,24)26-19)11-18(13)15-5-7-17(8-6-15)25-12-14-3-2-4-16(22)10-14/h2-11,25H,12H2,1H3. The van der Waals surface area contributed by atoms with Crippen LogP contribution in [-0.4, -0.2) is 6.29 Å². The molecule has 0 bridgehead atoms. The minimum Gasteiger partial charge on any atom is -0.395 e. The van der Waals surface area contributed by atoms with Crippen molar-refractivity contribution in [1.82, 2.24) is 0 Å². The van der Waals surface area contributed by atoms with Crippen LogP contribution in [0.15, 0.2) is 60.7 Å². The summed E-state index contributed by atoms with van der Waals surface area (Å²) in [7, 11) is 0. The summed E-state index contributed by atoms with van der Waals surface area (Å²) in [5.41, 5.74) is 4.16. The second-order valence-electron chi connectivity index (χ2n) is 6.34. The average molecular weight is 371 g/mol. The lowest BCUT2D eigenvalue weighted by Crippen LogP contribution is -2.25. The van der Waals surface area contributed by atoms with Crippen LogP contribution in [0.4, 0.5) is 18.9 Å². The van der Waals surface area contributed by atoms with Crippen molar-refractivity contribution in [2.75, 3.05) is 5.32 Å². The first-order valence-corrected chi connectivity index (χ1v) is 8.39. The third-order valence-corrected chi connectivity index (χ3v) is 4.33. The predicted octanol–water partition coefficient (Wildman–Crippen LogP) is 5.73. The molecule has 0 radical (unpaired) electrons. The molecule has 1 aliphatic rings. The summed E-state index contributed by atoms with van der Waals surface area (Å²) >= 11 is 0. The Labute approximate surface area is 154 Å². The fourth-order valence-electron chi connectivity index (χ4n) is 3.03. The molecule has 0 amide bonds. The number of ether oxygens (including phenoxy) is 2. The summed E-state index contributed by atoms with van der Waals surface area (Å²) in [5, 5.41) is 3.22. The first kappa shape index (κ1) is 17.3. The molecule has 3 nitrogen and oxygen atoms in total. The molecule has 1 N–H and O–H groups in total. The van der Waals surface area contributed by atoms with Crippen LogP contribution < -0.4 is 14.8 Å². The zero-order chi connectivity index (χ0) is 19.0. The van der Waals surface area contributed by atoms with Crippen molar-refractivity contribution in [2.45, 2.75) is 19.8 Å². The molecule has 138 valence electrons. The Hall–Kier alpha value is -3.15. The van der Waals surface area contributed by atoms with Crippen molar-refractivity contribution >= 4 is 5.69 Å². The van der Waals surface area contributed by atoms with Crippen LogP contribution in [0.5, 0.6) is 11.5 Å². The minimum absolute atomic E-state index is 0.0221. The predicted molar refractivity (Wildman–Crippen MR) is 96.5 cm³/mol. The van der Waals surface area contributed by atoms with E-state index in [1.807, 2.05) is 37.3 Å². The summed E-state index contributed by atoms with van der Waals surface area (Å²) in [6, 6.07) is 17.0. The zero-order valence-electron chi connectivity index (χ0n) is 14.4. The van der Waals surface area contributed by atoms with Gasteiger partial charge in [0, 0.05) is 12.2 Å². The van der Waals surface area contributed by atoms with Crippen LogP contribution in [0.2, 0.25) is 0 Å². The van der Waals surface area contributed by atoms with Gasteiger partial charge in [0.1, 0.15) is 5.82 Å². The molecule has 0 atom stereocenters. The zero-order valence-corrected chi connectivity index (χ0v) is 14.4. The van der Waals surface area contributed by atoms with Gasteiger partial charge in [-0.05, 0) is 65.6 Å². The molecule has 0 saturated carbocycles. The van der Waals surface area contributed by atoms with E-state index in [0.717, 1.165) is 27.9 Å². The number of benzene rings is 3. The number of alkyl halides is 2. The fourth-order valence-corrected chi connectivity index (χ4v) is 3.03. The summed E-state index contributed by atoms with van der Waals surface area (Å²) in [5.74, 6) is -0.211. The lowest BCUT2D eigenvalue weighted by molar-refractivity contribution is -0.286. The maximum Gasteiger partial charge on any atom is 0.586 e. The molecule has 6 heteroatoms. The van der Waals surface area contributed by atoms with E-state index in [1.165, 1.54) is 12.1 Å². The van der Waals surface area contributed by atoms with Crippen LogP contribution in [0.1, 0.15) is 11.1 Å². The first-order valence-electron chi connectivity index (χ1n) is 8.39. The van der Waals surface area contributed by atoms with Gasteiger partial charge in [-0.1, -0.05) is 24.3 Å². The monoisotopic (exact) mass is 371 g/mol. The van der Waals surface area contributed by atoms with Gasteiger partial charge in [0.05, 0.1) is 0 Å². The second-order valence-corrected chi connectivity index (χ2v) is 6.34. The van der Waals surface area contributed by atoms with E-state index in [0.29, 0.717) is 6.54 Å².